The molecule has 9 heteroatoms. The number of nitrogens with one attached hydrogen (secondary N) is 1. The number of hydrogen-bond acceptors (Lipinski definition) is 5. The number of halogens is 3. The molecule has 3 heterocycles. The smallest absolute Gasteiger partial charge is 0.274 e. The van der Waals surface area contributed by atoms with Crippen molar-refractivity contribution in [1.82, 2.24) is 9.97 Å². The summed E-state index contributed by atoms with van der Waals surface area (Å²) in [6.07, 6.45) is 6.25. The summed E-state index contributed by atoms with van der Waals surface area (Å²) in [4.78, 5) is 23.8. The molecule has 1 amide bonds. The van der Waals surface area contributed by atoms with E-state index in [-0.39, 0.29) is 11.7 Å². The van der Waals surface area contributed by atoms with Gasteiger partial charge in [0, 0.05) is 24.8 Å². The number of aromatic nitrogens is 2. The number of rotatable bonds is 4. The quantitative estimate of drug-likeness (QED) is 0.600. The number of pyridine rings is 2. The van der Waals surface area contributed by atoms with Crippen LogP contribution in [0.5, 0.6) is 0 Å². The van der Waals surface area contributed by atoms with Crippen molar-refractivity contribution in [3.05, 3.63) is 70.9 Å². The molecule has 1 aliphatic carbocycles. The molecule has 5 rings (SSSR count). The molecular formula is C25H24F3N5O. The summed E-state index contributed by atoms with van der Waals surface area (Å²) in [6.45, 7) is 1.49. The van der Waals surface area contributed by atoms with Gasteiger partial charge in [0.15, 0.2) is 0 Å². The zero-order chi connectivity index (χ0) is 23.8. The van der Waals surface area contributed by atoms with Gasteiger partial charge < -0.3 is 16.0 Å². The summed E-state index contributed by atoms with van der Waals surface area (Å²) in [7, 11) is 0. The van der Waals surface area contributed by atoms with E-state index in [1.54, 1.807) is 6.20 Å². The summed E-state index contributed by atoms with van der Waals surface area (Å²) in [6, 6.07) is 5.41. The Balaban J connectivity index is 1.50. The van der Waals surface area contributed by atoms with E-state index in [1.807, 2.05) is 0 Å². The normalized spacial score (nSPS) is 17.5. The van der Waals surface area contributed by atoms with E-state index < -0.39 is 34.6 Å². The molecule has 1 unspecified atom stereocenters. The summed E-state index contributed by atoms with van der Waals surface area (Å²) >= 11 is 0. The number of anilines is 2. The first-order chi connectivity index (χ1) is 16.4. The van der Waals surface area contributed by atoms with Crippen LogP contribution in [0.4, 0.5) is 24.5 Å². The first kappa shape index (κ1) is 22.3. The van der Waals surface area contributed by atoms with Gasteiger partial charge in [-0.15, -0.1) is 0 Å². The Bertz CT molecular complexity index is 1250. The van der Waals surface area contributed by atoms with Crippen LogP contribution in [0.2, 0.25) is 0 Å². The molecule has 0 spiro atoms. The molecular weight excluding hydrogens is 443 g/mol. The molecule has 0 radical (unpaired) electrons. The van der Waals surface area contributed by atoms with Gasteiger partial charge in [-0.2, -0.15) is 0 Å². The lowest BCUT2D eigenvalue weighted by molar-refractivity contribution is 0.102. The first-order valence-corrected chi connectivity index (χ1v) is 11.4. The summed E-state index contributed by atoms with van der Waals surface area (Å²) in [5.74, 6) is -3.48. The second-order valence-electron chi connectivity index (χ2n) is 8.73. The standard InChI is InChI=1S/C25H24F3N5O/c26-16-6-2-7-17(27)22(16)23-18(28)9-10-20(31-23)25(34)32-21-12-30-19-8-1-5-15(19)24(21)33-11-3-4-14(29)13-33/h2,6-7,9-10,12,14H,1,3-5,8,11,13,29H2,(H,32,34). The fourth-order valence-corrected chi connectivity index (χ4v) is 4.81. The number of fused-ring (bicyclic) bond motifs is 1. The fourth-order valence-electron chi connectivity index (χ4n) is 4.81. The van der Waals surface area contributed by atoms with Gasteiger partial charge in [0.05, 0.1) is 23.1 Å². The minimum Gasteiger partial charge on any atom is -0.368 e. The molecule has 6 nitrogen and oxygen atoms in total. The fraction of sp³-hybridized carbons (Fsp3) is 0.320. The van der Waals surface area contributed by atoms with Crippen LogP contribution in [0.3, 0.4) is 0 Å². The van der Waals surface area contributed by atoms with Crippen molar-refractivity contribution >= 4 is 17.3 Å². The second-order valence-corrected chi connectivity index (χ2v) is 8.73. The average Bonchev–Trinajstić information content (AvgIpc) is 3.28. The molecule has 2 aromatic heterocycles. The molecule has 1 aliphatic heterocycles. The van der Waals surface area contributed by atoms with Gasteiger partial charge in [0.1, 0.15) is 28.8 Å². The van der Waals surface area contributed by atoms with Crippen molar-refractivity contribution in [1.29, 1.82) is 0 Å². The lowest BCUT2D eigenvalue weighted by atomic mass is 10.0. The Hall–Kier alpha value is -3.46. The van der Waals surface area contributed by atoms with E-state index in [4.69, 9.17) is 5.73 Å². The number of piperidine rings is 1. The number of nitrogens with two attached hydrogens (primary N) is 1. The van der Waals surface area contributed by atoms with E-state index in [2.05, 4.69) is 20.2 Å². The van der Waals surface area contributed by atoms with Gasteiger partial charge in [-0.05, 0) is 61.9 Å². The molecule has 176 valence electrons. The van der Waals surface area contributed by atoms with Crippen LogP contribution in [0, 0.1) is 17.5 Å². The highest BCUT2D eigenvalue weighted by Crippen LogP contribution is 2.38. The van der Waals surface area contributed by atoms with Gasteiger partial charge in [-0.1, -0.05) is 6.07 Å². The maximum absolute atomic E-state index is 14.4. The molecule has 1 atom stereocenters. The zero-order valence-electron chi connectivity index (χ0n) is 18.5. The van der Waals surface area contributed by atoms with Crippen molar-refractivity contribution in [3.63, 3.8) is 0 Å². The third-order valence-corrected chi connectivity index (χ3v) is 6.38. The first-order valence-electron chi connectivity index (χ1n) is 11.4. The topological polar surface area (TPSA) is 84.1 Å². The third-order valence-electron chi connectivity index (χ3n) is 6.38. The van der Waals surface area contributed by atoms with Crippen molar-refractivity contribution in [2.24, 2.45) is 5.73 Å². The zero-order valence-corrected chi connectivity index (χ0v) is 18.5. The van der Waals surface area contributed by atoms with Gasteiger partial charge in [-0.3, -0.25) is 9.78 Å². The molecule has 1 fully saturated rings. The maximum Gasteiger partial charge on any atom is 0.274 e. The highest BCUT2D eigenvalue weighted by Gasteiger charge is 2.28. The van der Waals surface area contributed by atoms with Crippen LogP contribution in [-0.2, 0) is 12.8 Å². The molecule has 3 aromatic rings. The van der Waals surface area contributed by atoms with Crippen molar-refractivity contribution < 1.29 is 18.0 Å². The van der Waals surface area contributed by atoms with E-state index in [0.29, 0.717) is 12.2 Å². The predicted molar refractivity (Wildman–Crippen MR) is 123 cm³/mol. The van der Waals surface area contributed by atoms with E-state index in [0.717, 1.165) is 73.8 Å². The van der Waals surface area contributed by atoms with E-state index in [1.165, 1.54) is 12.1 Å². The van der Waals surface area contributed by atoms with Gasteiger partial charge in [0.25, 0.3) is 5.91 Å². The third kappa shape index (κ3) is 4.11. The van der Waals surface area contributed by atoms with Crippen LogP contribution in [-0.4, -0.2) is 35.0 Å². The summed E-state index contributed by atoms with van der Waals surface area (Å²) in [5, 5.41) is 2.84. The summed E-state index contributed by atoms with van der Waals surface area (Å²) < 4.78 is 42.9. The van der Waals surface area contributed by atoms with Crippen molar-refractivity contribution in [2.45, 2.75) is 38.1 Å². The number of carbonyl (C=O) groups excluding carboxylic acids is 1. The molecule has 1 saturated heterocycles. The maximum atomic E-state index is 14.4. The van der Waals surface area contributed by atoms with Crippen LogP contribution in [0.15, 0.2) is 36.5 Å². The highest BCUT2D eigenvalue weighted by molar-refractivity contribution is 6.05. The monoisotopic (exact) mass is 467 g/mol. The van der Waals surface area contributed by atoms with Gasteiger partial charge in [-0.25, -0.2) is 18.2 Å². The van der Waals surface area contributed by atoms with Crippen molar-refractivity contribution in [2.75, 3.05) is 23.3 Å². The second kappa shape index (κ2) is 9.06. The Kier molecular flexibility index (Phi) is 5.95. The number of benzene rings is 1. The SMILES string of the molecule is NC1CCCN(c2c(NC(=O)c3ccc(F)c(-c4c(F)cccc4F)n3)cnc3c2CCC3)C1. The minimum absolute atomic E-state index is 0.0412. The number of nitrogens with zero attached hydrogens (tertiary/aromatic N) is 3. The Labute approximate surface area is 195 Å². The van der Waals surface area contributed by atoms with Gasteiger partial charge in [0.2, 0.25) is 0 Å². The van der Waals surface area contributed by atoms with Crippen LogP contribution >= 0.6 is 0 Å². The van der Waals surface area contributed by atoms with Crippen LogP contribution in [0.25, 0.3) is 11.3 Å². The molecule has 2 aliphatic rings. The van der Waals surface area contributed by atoms with Crippen LogP contribution in [0.1, 0.15) is 41.0 Å². The van der Waals surface area contributed by atoms with E-state index >= 15 is 0 Å². The van der Waals surface area contributed by atoms with Crippen molar-refractivity contribution in [3.8, 4) is 11.3 Å². The lowest BCUT2D eigenvalue weighted by Crippen LogP contribution is -2.43. The molecule has 34 heavy (non-hydrogen) atoms. The van der Waals surface area contributed by atoms with Crippen LogP contribution < -0.4 is 16.0 Å². The Morgan fingerprint density at radius 1 is 1.06 bits per heavy atom. The van der Waals surface area contributed by atoms with Gasteiger partial charge >= 0.3 is 0 Å². The highest BCUT2D eigenvalue weighted by atomic mass is 19.1. The molecule has 1 aromatic carbocycles. The molecule has 3 N–H and O–H groups in total. The lowest BCUT2D eigenvalue weighted by Gasteiger charge is -2.35. The Morgan fingerprint density at radius 3 is 2.62 bits per heavy atom. The van der Waals surface area contributed by atoms with E-state index in [9.17, 15) is 18.0 Å². The summed E-state index contributed by atoms with van der Waals surface area (Å²) in [5.41, 5.74) is 8.42. The molecule has 0 bridgehead atoms. The average molecular weight is 467 g/mol. The molecule has 0 saturated carbocycles. The number of carbonyl (C=O) groups is 1. The predicted octanol–water partition coefficient (Wildman–Crippen LogP) is 4.23. The number of amides is 1. The number of aryl methyl sites for hydroxylation is 1. The Morgan fingerprint density at radius 2 is 1.85 bits per heavy atom. The number of hydrogen-bond donors (Lipinski definition) is 2. The minimum atomic E-state index is -0.962. The largest absolute Gasteiger partial charge is 0.368 e.